The molecule has 0 fully saturated rings. The number of sulfonamides is 1. The van der Waals surface area contributed by atoms with Gasteiger partial charge in [0.2, 0.25) is 15.9 Å². The smallest absolute Gasteiger partial charge is 0.229 e. The van der Waals surface area contributed by atoms with Gasteiger partial charge in [0.1, 0.15) is 17.6 Å². The minimum Gasteiger partial charge on any atom is -0.497 e. The molecule has 9 nitrogen and oxygen atoms in total. The van der Waals surface area contributed by atoms with E-state index in [0.29, 0.717) is 36.6 Å². The minimum absolute atomic E-state index is 0.0268. The van der Waals surface area contributed by atoms with E-state index in [1.807, 2.05) is 45.2 Å². The Bertz CT molecular complexity index is 1140. The van der Waals surface area contributed by atoms with Crippen molar-refractivity contribution in [2.24, 2.45) is 5.92 Å². The molecule has 1 heterocycles. The lowest BCUT2D eigenvalue weighted by molar-refractivity contribution is -0.134. The number of hydrogen-bond donors (Lipinski definition) is 2. The SMILES string of the molecule is COc1ccc(CN(C)C[C@@H]2Oc3ccc(NS(C)(=O)=O)cc3CC(=O)N([C@H](C)CO)C[C@@H]2C)cc1. The quantitative estimate of drug-likeness (QED) is 0.524. The zero-order valence-corrected chi connectivity index (χ0v) is 22.4. The molecule has 0 saturated heterocycles. The van der Waals surface area contributed by atoms with Crippen LogP contribution >= 0.6 is 0 Å². The molecule has 0 bridgehead atoms. The maximum atomic E-state index is 13.2. The predicted octanol–water partition coefficient (Wildman–Crippen LogP) is 2.35. The lowest BCUT2D eigenvalue weighted by Gasteiger charge is -2.34. The van der Waals surface area contributed by atoms with Crippen LogP contribution in [0.1, 0.15) is 25.0 Å². The number of benzene rings is 2. The average Bonchev–Trinajstić information content (AvgIpc) is 2.86. The summed E-state index contributed by atoms with van der Waals surface area (Å²) in [6.45, 7) is 5.45. The van der Waals surface area contributed by atoms with E-state index in [4.69, 9.17) is 9.47 Å². The fourth-order valence-electron chi connectivity index (χ4n) is 4.34. The van der Waals surface area contributed by atoms with Crippen LogP contribution < -0.4 is 14.2 Å². The Kier molecular flexibility index (Phi) is 9.21. The molecule has 2 aromatic rings. The molecule has 3 atom stereocenters. The van der Waals surface area contributed by atoms with Crippen molar-refractivity contribution in [1.29, 1.82) is 0 Å². The number of methoxy groups -OCH3 is 1. The van der Waals surface area contributed by atoms with Gasteiger partial charge in [-0.2, -0.15) is 0 Å². The van der Waals surface area contributed by atoms with Gasteiger partial charge in [-0.1, -0.05) is 19.1 Å². The van der Waals surface area contributed by atoms with Crippen molar-refractivity contribution < 1.29 is 27.8 Å². The zero-order valence-electron chi connectivity index (χ0n) is 21.6. The number of likely N-dealkylation sites (N-methyl/N-ethyl adjacent to an activating group) is 1. The topological polar surface area (TPSA) is 108 Å². The Morgan fingerprint density at radius 3 is 2.56 bits per heavy atom. The summed E-state index contributed by atoms with van der Waals surface area (Å²) < 4.78 is 37.7. The number of anilines is 1. The Balaban J connectivity index is 1.88. The molecule has 0 aromatic heterocycles. The second kappa shape index (κ2) is 11.9. The van der Waals surface area contributed by atoms with Crippen LogP contribution in [0.15, 0.2) is 42.5 Å². The third-order valence-corrected chi connectivity index (χ3v) is 6.93. The number of nitrogens with one attached hydrogen (secondary N) is 1. The standard InChI is InChI=1S/C26H37N3O6S/c1-18-14-29(19(2)17-30)26(31)13-21-12-22(27-36(5,32)33)8-11-24(21)35-25(18)16-28(3)15-20-6-9-23(34-4)10-7-20/h6-12,18-19,25,27,30H,13-17H2,1-5H3/t18-,19+,25-/m0/s1. The van der Waals surface area contributed by atoms with Crippen LogP contribution in [0.3, 0.4) is 0 Å². The highest BCUT2D eigenvalue weighted by molar-refractivity contribution is 7.92. The molecule has 2 aromatic carbocycles. The second-order valence-electron chi connectivity index (χ2n) is 9.63. The first-order valence-electron chi connectivity index (χ1n) is 12.0. The van der Waals surface area contributed by atoms with Gasteiger partial charge in [0.05, 0.1) is 32.4 Å². The molecule has 3 rings (SSSR count). The number of nitrogens with zero attached hydrogens (tertiary/aromatic N) is 2. The largest absolute Gasteiger partial charge is 0.497 e. The first-order chi connectivity index (χ1) is 17.0. The van der Waals surface area contributed by atoms with Crippen molar-refractivity contribution in [2.45, 2.75) is 39.0 Å². The van der Waals surface area contributed by atoms with Crippen molar-refractivity contribution in [2.75, 3.05) is 44.8 Å². The summed E-state index contributed by atoms with van der Waals surface area (Å²) in [5.74, 6) is 1.19. The number of aliphatic hydroxyl groups is 1. The molecule has 0 spiro atoms. The number of amides is 1. The minimum atomic E-state index is -3.47. The number of rotatable bonds is 9. The maximum Gasteiger partial charge on any atom is 0.229 e. The first-order valence-corrected chi connectivity index (χ1v) is 13.9. The van der Waals surface area contributed by atoms with Crippen LogP contribution in [0.2, 0.25) is 0 Å². The summed E-state index contributed by atoms with van der Waals surface area (Å²) in [6, 6.07) is 12.6. The number of fused-ring (bicyclic) bond motifs is 1. The third-order valence-electron chi connectivity index (χ3n) is 6.32. The summed E-state index contributed by atoms with van der Waals surface area (Å²) in [4.78, 5) is 17.1. The highest BCUT2D eigenvalue weighted by Crippen LogP contribution is 2.29. The summed E-state index contributed by atoms with van der Waals surface area (Å²) in [6.07, 6.45) is 0.873. The van der Waals surface area contributed by atoms with Crippen LogP contribution in [0.4, 0.5) is 5.69 Å². The summed E-state index contributed by atoms with van der Waals surface area (Å²) in [5.41, 5.74) is 2.10. The lowest BCUT2D eigenvalue weighted by atomic mass is 10.0. The Morgan fingerprint density at radius 1 is 1.25 bits per heavy atom. The van der Waals surface area contributed by atoms with E-state index in [1.54, 1.807) is 30.2 Å². The molecule has 2 N–H and O–H groups in total. The molecule has 0 radical (unpaired) electrons. The lowest BCUT2D eigenvalue weighted by Crippen LogP contribution is -2.47. The Hall–Kier alpha value is -2.82. The molecule has 0 aliphatic carbocycles. The predicted molar refractivity (Wildman–Crippen MR) is 140 cm³/mol. The van der Waals surface area contributed by atoms with Crippen molar-refractivity contribution in [3.05, 3.63) is 53.6 Å². The zero-order chi connectivity index (χ0) is 26.5. The average molecular weight is 520 g/mol. The van der Waals surface area contributed by atoms with Gasteiger partial charge in [0, 0.05) is 36.8 Å². The van der Waals surface area contributed by atoms with Crippen LogP contribution in [-0.2, 0) is 27.8 Å². The monoisotopic (exact) mass is 519 g/mol. The number of carbonyl (C=O) groups is 1. The van der Waals surface area contributed by atoms with E-state index >= 15 is 0 Å². The first kappa shape index (κ1) is 27.8. The van der Waals surface area contributed by atoms with E-state index in [2.05, 4.69) is 9.62 Å². The van der Waals surface area contributed by atoms with Gasteiger partial charge in [0.25, 0.3) is 0 Å². The number of hydrogen-bond acceptors (Lipinski definition) is 7. The van der Waals surface area contributed by atoms with Gasteiger partial charge in [0.15, 0.2) is 0 Å². The molecule has 0 unspecified atom stereocenters. The Labute approximate surface area is 214 Å². The summed E-state index contributed by atoms with van der Waals surface area (Å²) in [7, 11) is 0.187. The van der Waals surface area contributed by atoms with Crippen molar-refractivity contribution >= 4 is 21.6 Å². The van der Waals surface area contributed by atoms with E-state index in [-0.39, 0.29) is 37.0 Å². The van der Waals surface area contributed by atoms with Gasteiger partial charge in [-0.25, -0.2) is 8.42 Å². The Morgan fingerprint density at radius 2 is 1.94 bits per heavy atom. The third kappa shape index (κ3) is 7.59. The molecular formula is C26H37N3O6S. The molecule has 198 valence electrons. The molecule has 10 heteroatoms. The number of ether oxygens (including phenoxy) is 2. The van der Waals surface area contributed by atoms with Gasteiger partial charge in [-0.05, 0) is 49.9 Å². The van der Waals surface area contributed by atoms with Crippen molar-refractivity contribution in [3.8, 4) is 11.5 Å². The molecule has 36 heavy (non-hydrogen) atoms. The summed E-state index contributed by atoms with van der Waals surface area (Å²) >= 11 is 0. The van der Waals surface area contributed by atoms with E-state index in [0.717, 1.165) is 17.6 Å². The molecule has 1 amide bonds. The van der Waals surface area contributed by atoms with Crippen molar-refractivity contribution in [1.82, 2.24) is 9.80 Å². The molecule has 1 aliphatic rings. The maximum absolute atomic E-state index is 13.2. The van der Waals surface area contributed by atoms with E-state index in [9.17, 15) is 18.3 Å². The van der Waals surface area contributed by atoms with Gasteiger partial charge < -0.3 is 19.5 Å². The second-order valence-corrected chi connectivity index (χ2v) is 11.4. The van der Waals surface area contributed by atoms with Crippen molar-refractivity contribution in [3.63, 3.8) is 0 Å². The van der Waals surface area contributed by atoms with E-state index in [1.165, 1.54) is 0 Å². The van der Waals surface area contributed by atoms with E-state index < -0.39 is 10.0 Å². The van der Waals surface area contributed by atoms with Gasteiger partial charge >= 0.3 is 0 Å². The van der Waals surface area contributed by atoms with Crippen LogP contribution in [0.5, 0.6) is 11.5 Å². The highest BCUT2D eigenvalue weighted by atomic mass is 32.2. The molecule has 0 saturated carbocycles. The highest BCUT2D eigenvalue weighted by Gasteiger charge is 2.31. The number of aliphatic hydroxyl groups excluding tert-OH is 1. The van der Waals surface area contributed by atoms with Crippen LogP contribution in [-0.4, -0.2) is 81.5 Å². The summed E-state index contributed by atoms with van der Waals surface area (Å²) in [5, 5.41) is 9.78. The normalized spacial score (nSPS) is 19.5. The number of carbonyl (C=O) groups excluding carboxylic acids is 1. The molecule has 1 aliphatic heterocycles. The fourth-order valence-corrected chi connectivity index (χ4v) is 4.89. The van der Waals surface area contributed by atoms with Crippen LogP contribution in [0.25, 0.3) is 0 Å². The van der Waals surface area contributed by atoms with Gasteiger partial charge in [-0.3, -0.25) is 14.4 Å². The van der Waals surface area contributed by atoms with Gasteiger partial charge in [-0.15, -0.1) is 0 Å². The fraction of sp³-hybridized carbons (Fsp3) is 0.500. The molecular weight excluding hydrogens is 482 g/mol. The van der Waals surface area contributed by atoms with Crippen LogP contribution in [0, 0.1) is 5.92 Å².